The van der Waals surface area contributed by atoms with E-state index in [1.165, 1.54) is 0 Å². The summed E-state index contributed by atoms with van der Waals surface area (Å²) in [6.07, 6.45) is 5.73. The molecule has 0 saturated heterocycles. The molecule has 6 heteroatoms. The van der Waals surface area contributed by atoms with Gasteiger partial charge >= 0.3 is 5.97 Å². The van der Waals surface area contributed by atoms with E-state index in [2.05, 4.69) is 10.4 Å². The van der Waals surface area contributed by atoms with Gasteiger partial charge in [0.2, 0.25) is 5.91 Å². The SMILES string of the molecule is O=C(CC1(C(=O)O)CCC1)NCc1cnn(Cc2ccccc2)c1. The summed E-state index contributed by atoms with van der Waals surface area (Å²) in [5.74, 6) is -1.08. The molecule has 2 N–H and O–H groups in total. The molecule has 1 fully saturated rings. The number of rotatable bonds is 7. The van der Waals surface area contributed by atoms with Gasteiger partial charge in [0.1, 0.15) is 0 Å². The topological polar surface area (TPSA) is 84.2 Å². The Hall–Kier alpha value is -2.63. The minimum atomic E-state index is -0.861. The largest absolute Gasteiger partial charge is 0.481 e. The summed E-state index contributed by atoms with van der Waals surface area (Å²) in [4.78, 5) is 23.3. The quantitative estimate of drug-likeness (QED) is 0.816. The van der Waals surface area contributed by atoms with Crippen LogP contribution in [-0.2, 0) is 22.7 Å². The summed E-state index contributed by atoms with van der Waals surface area (Å²) in [6, 6.07) is 10.0. The molecule has 24 heavy (non-hydrogen) atoms. The zero-order valence-electron chi connectivity index (χ0n) is 13.4. The van der Waals surface area contributed by atoms with E-state index < -0.39 is 11.4 Å². The number of nitrogens with zero attached hydrogens (tertiary/aromatic N) is 2. The molecule has 1 saturated carbocycles. The lowest BCUT2D eigenvalue weighted by Crippen LogP contribution is -2.42. The summed E-state index contributed by atoms with van der Waals surface area (Å²) in [5.41, 5.74) is 1.21. The Labute approximate surface area is 140 Å². The number of hydrogen-bond acceptors (Lipinski definition) is 3. The van der Waals surface area contributed by atoms with Crippen molar-refractivity contribution in [3.8, 4) is 0 Å². The van der Waals surface area contributed by atoms with Gasteiger partial charge in [-0.1, -0.05) is 36.8 Å². The van der Waals surface area contributed by atoms with Gasteiger partial charge in [-0.3, -0.25) is 14.3 Å². The van der Waals surface area contributed by atoms with Crippen molar-refractivity contribution in [3.05, 3.63) is 53.9 Å². The van der Waals surface area contributed by atoms with E-state index in [4.69, 9.17) is 0 Å². The highest BCUT2D eigenvalue weighted by atomic mass is 16.4. The standard InChI is InChI=1S/C18H21N3O3/c22-16(9-18(17(23)24)7-4-8-18)19-10-15-11-20-21(13-15)12-14-5-2-1-3-6-14/h1-3,5-6,11,13H,4,7-10,12H2,(H,19,22)(H,23,24). The van der Waals surface area contributed by atoms with Crippen LogP contribution in [0.5, 0.6) is 0 Å². The second-order valence-electron chi connectivity index (χ2n) is 6.42. The number of aromatic nitrogens is 2. The Balaban J connectivity index is 1.50. The fourth-order valence-corrected chi connectivity index (χ4v) is 2.99. The third-order valence-electron chi connectivity index (χ3n) is 4.63. The molecule has 0 radical (unpaired) electrons. The molecular formula is C18H21N3O3. The van der Waals surface area contributed by atoms with Crippen molar-refractivity contribution in [2.24, 2.45) is 5.41 Å². The normalized spacial score (nSPS) is 15.5. The third-order valence-corrected chi connectivity index (χ3v) is 4.63. The molecule has 1 amide bonds. The molecule has 6 nitrogen and oxygen atoms in total. The molecule has 1 aliphatic carbocycles. The maximum Gasteiger partial charge on any atom is 0.310 e. The van der Waals surface area contributed by atoms with E-state index in [-0.39, 0.29) is 12.3 Å². The van der Waals surface area contributed by atoms with E-state index in [9.17, 15) is 14.7 Å². The van der Waals surface area contributed by atoms with Crippen LogP contribution in [0, 0.1) is 5.41 Å². The van der Waals surface area contributed by atoms with Crippen molar-refractivity contribution in [2.75, 3.05) is 0 Å². The summed E-state index contributed by atoms with van der Waals surface area (Å²) < 4.78 is 1.82. The van der Waals surface area contributed by atoms with Crippen LogP contribution in [-0.4, -0.2) is 26.8 Å². The molecule has 0 atom stereocenters. The Morgan fingerprint density at radius 1 is 1.21 bits per heavy atom. The second kappa shape index (κ2) is 6.86. The average molecular weight is 327 g/mol. The summed E-state index contributed by atoms with van der Waals surface area (Å²) in [6.45, 7) is 1.04. The minimum absolute atomic E-state index is 0.0560. The Kier molecular flexibility index (Phi) is 4.64. The van der Waals surface area contributed by atoms with Crippen LogP contribution in [0.3, 0.4) is 0 Å². The average Bonchev–Trinajstić information content (AvgIpc) is 2.97. The summed E-state index contributed by atoms with van der Waals surface area (Å²) in [5, 5.41) is 16.4. The van der Waals surface area contributed by atoms with Gasteiger partial charge in [0.25, 0.3) is 0 Å². The third kappa shape index (κ3) is 3.64. The van der Waals surface area contributed by atoms with Crippen molar-refractivity contribution >= 4 is 11.9 Å². The molecule has 0 bridgehead atoms. The zero-order valence-corrected chi connectivity index (χ0v) is 13.4. The van der Waals surface area contributed by atoms with Gasteiger partial charge in [-0.15, -0.1) is 0 Å². The molecule has 0 spiro atoms. The molecule has 1 aromatic carbocycles. The number of carbonyl (C=O) groups is 2. The molecular weight excluding hydrogens is 306 g/mol. The van der Waals surface area contributed by atoms with Gasteiger partial charge in [0.05, 0.1) is 18.2 Å². The van der Waals surface area contributed by atoms with Crippen LogP contribution >= 0.6 is 0 Å². The van der Waals surface area contributed by atoms with E-state index in [0.717, 1.165) is 17.5 Å². The van der Waals surface area contributed by atoms with Crippen LogP contribution in [0.4, 0.5) is 0 Å². The Morgan fingerprint density at radius 2 is 1.96 bits per heavy atom. The number of aliphatic carboxylic acids is 1. The first-order valence-electron chi connectivity index (χ1n) is 8.13. The minimum Gasteiger partial charge on any atom is -0.481 e. The highest BCUT2D eigenvalue weighted by molar-refractivity contribution is 5.85. The predicted molar refractivity (Wildman–Crippen MR) is 88.2 cm³/mol. The van der Waals surface area contributed by atoms with Crippen LogP contribution in [0.25, 0.3) is 0 Å². The number of amides is 1. The highest BCUT2D eigenvalue weighted by Gasteiger charge is 2.45. The first-order chi connectivity index (χ1) is 11.6. The first kappa shape index (κ1) is 16.2. The Bertz CT molecular complexity index is 720. The molecule has 0 unspecified atom stereocenters. The number of nitrogens with one attached hydrogen (secondary N) is 1. The number of carboxylic acids is 1. The van der Waals surface area contributed by atoms with Crippen molar-refractivity contribution in [3.63, 3.8) is 0 Å². The lowest BCUT2D eigenvalue weighted by Gasteiger charge is -2.36. The number of benzene rings is 1. The van der Waals surface area contributed by atoms with Crippen molar-refractivity contribution in [2.45, 2.75) is 38.8 Å². The van der Waals surface area contributed by atoms with Gasteiger partial charge in [0.15, 0.2) is 0 Å². The summed E-state index contributed by atoms with van der Waals surface area (Å²) >= 11 is 0. The first-order valence-corrected chi connectivity index (χ1v) is 8.13. The van der Waals surface area contributed by atoms with Gasteiger partial charge in [-0.05, 0) is 18.4 Å². The zero-order chi connectivity index (χ0) is 17.0. The maximum absolute atomic E-state index is 12.0. The van der Waals surface area contributed by atoms with Gasteiger partial charge in [-0.25, -0.2) is 0 Å². The number of carboxylic acid groups (broad SMARTS) is 1. The molecule has 3 rings (SSSR count). The predicted octanol–water partition coefficient (Wildman–Crippen LogP) is 2.19. The molecule has 2 aromatic rings. The van der Waals surface area contributed by atoms with E-state index in [0.29, 0.717) is 25.9 Å². The Morgan fingerprint density at radius 3 is 2.58 bits per heavy atom. The van der Waals surface area contributed by atoms with Crippen LogP contribution < -0.4 is 5.32 Å². The van der Waals surface area contributed by atoms with Gasteiger partial charge < -0.3 is 10.4 Å². The molecule has 126 valence electrons. The number of hydrogen-bond donors (Lipinski definition) is 2. The van der Waals surface area contributed by atoms with Crippen molar-refractivity contribution in [1.82, 2.24) is 15.1 Å². The van der Waals surface area contributed by atoms with Crippen LogP contribution in [0.1, 0.15) is 36.8 Å². The molecule has 1 heterocycles. The highest BCUT2D eigenvalue weighted by Crippen LogP contribution is 2.44. The second-order valence-corrected chi connectivity index (χ2v) is 6.42. The van der Waals surface area contributed by atoms with Crippen LogP contribution in [0.2, 0.25) is 0 Å². The van der Waals surface area contributed by atoms with E-state index in [1.807, 2.05) is 41.2 Å². The lowest BCUT2D eigenvalue weighted by atomic mass is 9.66. The monoisotopic (exact) mass is 327 g/mol. The van der Waals surface area contributed by atoms with Gasteiger partial charge in [0, 0.05) is 24.7 Å². The molecule has 1 aliphatic rings. The smallest absolute Gasteiger partial charge is 0.310 e. The van der Waals surface area contributed by atoms with Crippen molar-refractivity contribution in [1.29, 1.82) is 0 Å². The van der Waals surface area contributed by atoms with E-state index in [1.54, 1.807) is 6.20 Å². The van der Waals surface area contributed by atoms with Gasteiger partial charge in [-0.2, -0.15) is 5.10 Å². The fraction of sp³-hybridized carbons (Fsp3) is 0.389. The molecule has 1 aromatic heterocycles. The summed E-state index contributed by atoms with van der Waals surface area (Å²) in [7, 11) is 0. The van der Waals surface area contributed by atoms with E-state index >= 15 is 0 Å². The maximum atomic E-state index is 12.0. The van der Waals surface area contributed by atoms with Crippen LogP contribution in [0.15, 0.2) is 42.7 Å². The van der Waals surface area contributed by atoms with Crippen molar-refractivity contribution < 1.29 is 14.7 Å². The molecule has 0 aliphatic heterocycles. The fourth-order valence-electron chi connectivity index (χ4n) is 2.99. The number of carbonyl (C=O) groups excluding carboxylic acids is 1. The lowest BCUT2D eigenvalue weighted by molar-refractivity contribution is -0.157.